The zero-order chi connectivity index (χ0) is 24.5. The number of sulfonamides is 1. The number of amides is 1. The van der Waals surface area contributed by atoms with Gasteiger partial charge < -0.3 is 14.6 Å². The predicted octanol–water partition coefficient (Wildman–Crippen LogP) is 3.31. The van der Waals surface area contributed by atoms with E-state index in [0.29, 0.717) is 35.5 Å². The maximum Gasteiger partial charge on any atom is 0.341 e. The summed E-state index contributed by atoms with van der Waals surface area (Å²) in [5.74, 6) is -2.09. The van der Waals surface area contributed by atoms with E-state index in [4.69, 9.17) is 4.74 Å². The number of hydrogen-bond donors (Lipinski definition) is 1. The van der Waals surface area contributed by atoms with Crippen molar-refractivity contribution in [2.75, 3.05) is 25.0 Å². The summed E-state index contributed by atoms with van der Waals surface area (Å²) in [7, 11) is -2.37. The van der Waals surface area contributed by atoms with Crippen LogP contribution in [-0.2, 0) is 26.6 Å². The number of benzene rings is 1. The number of halogens is 1. The van der Waals surface area contributed by atoms with Gasteiger partial charge in [-0.1, -0.05) is 6.07 Å². The van der Waals surface area contributed by atoms with Gasteiger partial charge in [0.25, 0.3) is 0 Å². The van der Waals surface area contributed by atoms with Crippen LogP contribution in [0.4, 0.5) is 10.1 Å². The fourth-order valence-corrected chi connectivity index (χ4v) is 6.10. The Kier molecular flexibility index (Phi) is 7.28. The summed E-state index contributed by atoms with van der Waals surface area (Å²) >= 11 is 0. The second-order valence-electron chi connectivity index (χ2n) is 8.31. The van der Waals surface area contributed by atoms with Crippen molar-refractivity contribution in [3.8, 4) is 0 Å². The fourth-order valence-electron chi connectivity index (χ4n) is 4.09. The summed E-state index contributed by atoms with van der Waals surface area (Å²) in [5, 5.41) is 2.68. The number of esters is 1. The van der Waals surface area contributed by atoms with Crippen LogP contribution in [0.3, 0.4) is 0 Å². The van der Waals surface area contributed by atoms with Gasteiger partial charge in [0.15, 0.2) is 0 Å². The molecule has 33 heavy (non-hydrogen) atoms. The Balaban J connectivity index is 1.88. The molecular formula is C23H30FN3O5S. The van der Waals surface area contributed by atoms with Gasteiger partial charge in [0.1, 0.15) is 16.3 Å². The van der Waals surface area contributed by atoms with Gasteiger partial charge in [-0.2, -0.15) is 4.31 Å². The van der Waals surface area contributed by atoms with E-state index in [1.54, 1.807) is 51.4 Å². The lowest BCUT2D eigenvalue weighted by Crippen LogP contribution is -2.44. The molecule has 8 nitrogen and oxygen atoms in total. The zero-order valence-corrected chi connectivity index (χ0v) is 20.4. The standard InChI is InChI=1S/C23H30FN3O5S/c1-6-32-23(29)20-15(3)26(5)16(4)21(20)33(30,31)27-11-7-8-17(13-27)22(28)25-18-10-9-14(2)19(24)12-18/h9-10,12,17H,6-8,11,13H2,1-5H3,(H,25,28)/t17-/m1/s1. The van der Waals surface area contributed by atoms with E-state index in [-0.39, 0.29) is 36.1 Å². The van der Waals surface area contributed by atoms with E-state index in [9.17, 15) is 22.4 Å². The molecule has 0 spiro atoms. The van der Waals surface area contributed by atoms with Crippen molar-refractivity contribution in [3.05, 3.63) is 46.5 Å². The van der Waals surface area contributed by atoms with Crippen molar-refractivity contribution in [1.29, 1.82) is 0 Å². The number of aromatic nitrogens is 1. The minimum atomic E-state index is -4.07. The maximum atomic E-state index is 13.8. The van der Waals surface area contributed by atoms with Crippen molar-refractivity contribution in [3.63, 3.8) is 0 Å². The van der Waals surface area contributed by atoms with E-state index in [2.05, 4.69) is 5.32 Å². The topological polar surface area (TPSA) is 97.7 Å². The second-order valence-corrected chi connectivity index (χ2v) is 10.2. The Morgan fingerprint density at radius 2 is 1.91 bits per heavy atom. The number of carbonyl (C=O) groups excluding carboxylic acids is 2. The molecule has 1 aromatic carbocycles. The molecule has 1 atom stereocenters. The van der Waals surface area contributed by atoms with Crippen molar-refractivity contribution < 1.29 is 27.1 Å². The van der Waals surface area contributed by atoms with Crippen LogP contribution >= 0.6 is 0 Å². The van der Waals surface area contributed by atoms with Crippen molar-refractivity contribution in [1.82, 2.24) is 8.87 Å². The van der Waals surface area contributed by atoms with Crippen LogP contribution in [0, 0.1) is 32.5 Å². The summed E-state index contributed by atoms with van der Waals surface area (Å²) in [6.07, 6.45) is 0.989. The molecule has 1 fully saturated rings. The molecule has 1 saturated heterocycles. The molecule has 2 heterocycles. The van der Waals surface area contributed by atoms with Gasteiger partial charge in [-0.05, 0) is 58.2 Å². The van der Waals surface area contributed by atoms with Crippen LogP contribution in [0.2, 0.25) is 0 Å². The molecular weight excluding hydrogens is 449 g/mol. The van der Waals surface area contributed by atoms with Gasteiger partial charge in [-0.3, -0.25) is 4.79 Å². The number of anilines is 1. The Morgan fingerprint density at radius 3 is 2.55 bits per heavy atom. The molecule has 0 radical (unpaired) electrons. The van der Waals surface area contributed by atoms with Gasteiger partial charge in [0.2, 0.25) is 15.9 Å². The zero-order valence-electron chi connectivity index (χ0n) is 19.6. The second kappa shape index (κ2) is 9.64. The molecule has 0 saturated carbocycles. The highest BCUT2D eigenvalue weighted by Crippen LogP contribution is 2.32. The predicted molar refractivity (Wildman–Crippen MR) is 122 cm³/mol. The largest absolute Gasteiger partial charge is 0.462 e. The number of aryl methyl sites for hydroxylation is 1. The first kappa shape index (κ1) is 24.9. The first-order valence-corrected chi connectivity index (χ1v) is 12.3. The lowest BCUT2D eigenvalue weighted by atomic mass is 9.98. The Hall–Kier alpha value is -2.72. The number of rotatable bonds is 6. The number of nitrogens with one attached hydrogen (secondary N) is 1. The lowest BCUT2D eigenvalue weighted by molar-refractivity contribution is -0.120. The van der Waals surface area contributed by atoms with Crippen LogP contribution < -0.4 is 5.32 Å². The third-order valence-corrected chi connectivity index (χ3v) is 8.22. The number of ether oxygens (including phenoxy) is 1. The van der Waals surface area contributed by atoms with E-state index < -0.39 is 27.7 Å². The molecule has 0 bridgehead atoms. The van der Waals surface area contributed by atoms with Crippen LogP contribution in [0.1, 0.15) is 47.1 Å². The molecule has 3 rings (SSSR count). The van der Waals surface area contributed by atoms with E-state index in [0.717, 1.165) is 0 Å². The summed E-state index contributed by atoms with van der Waals surface area (Å²) in [6, 6.07) is 4.42. The van der Waals surface area contributed by atoms with Crippen LogP contribution in [-0.4, -0.2) is 48.9 Å². The van der Waals surface area contributed by atoms with Crippen molar-refractivity contribution in [2.24, 2.45) is 13.0 Å². The van der Waals surface area contributed by atoms with E-state index in [1.165, 1.54) is 10.4 Å². The normalized spacial score (nSPS) is 17.1. The van der Waals surface area contributed by atoms with Crippen LogP contribution in [0.5, 0.6) is 0 Å². The first-order chi connectivity index (χ1) is 15.5. The average molecular weight is 480 g/mol. The van der Waals surface area contributed by atoms with E-state index >= 15 is 0 Å². The van der Waals surface area contributed by atoms with Gasteiger partial charge in [-0.15, -0.1) is 0 Å². The van der Waals surface area contributed by atoms with Crippen LogP contribution in [0.25, 0.3) is 0 Å². The number of hydrogen-bond acceptors (Lipinski definition) is 5. The highest BCUT2D eigenvalue weighted by atomic mass is 32.2. The molecule has 1 N–H and O–H groups in total. The minimum absolute atomic E-state index is 0.0264. The van der Waals surface area contributed by atoms with Gasteiger partial charge in [-0.25, -0.2) is 17.6 Å². The monoisotopic (exact) mass is 479 g/mol. The molecule has 1 aromatic heterocycles. The molecule has 1 aliphatic heterocycles. The van der Waals surface area contributed by atoms with Gasteiger partial charge >= 0.3 is 5.97 Å². The Bertz CT molecular complexity index is 1190. The number of nitrogens with zero attached hydrogens (tertiary/aromatic N) is 2. The molecule has 0 aliphatic carbocycles. The Labute approximate surface area is 193 Å². The highest BCUT2D eigenvalue weighted by molar-refractivity contribution is 7.89. The highest BCUT2D eigenvalue weighted by Gasteiger charge is 2.39. The third-order valence-electron chi connectivity index (χ3n) is 6.20. The van der Waals surface area contributed by atoms with Crippen molar-refractivity contribution >= 4 is 27.6 Å². The lowest BCUT2D eigenvalue weighted by Gasteiger charge is -2.31. The summed E-state index contributed by atoms with van der Waals surface area (Å²) < 4.78 is 49.1. The smallest absolute Gasteiger partial charge is 0.341 e. The van der Waals surface area contributed by atoms with Crippen molar-refractivity contribution in [2.45, 2.75) is 45.4 Å². The minimum Gasteiger partial charge on any atom is -0.462 e. The molecule has 10 heteroatoms. The number of carbonyl (C=O) groups is 2. The molecule has 0 unspecified atom stereocenters. The quantitative estimate of drug-likeness (QED) is 0.641. The summed E-state index contributed by atoms with van der Waals surface area (Å²) in [4.78, 5) is 25.3. The molecule has 180 valence electrons. The first-order valence-electron chi connectivity index (χ1n) is 10.9. The average Bonchev–Trinajstić information content (AvgIpc) is 3.01. The van der Waals surface area contributed by atoms with Crippen LogP contribution in [0.15, 0.2) is 23.1 Å². The Morgan fingerprint density at radius 1 is 1.21 bits per heavy atom. The number of piperidine rings is 1. The van der Waals surface area contributed by atoms with E-state index in [1.807, 2.05) is 0 Å². The SMILES string of the molecule is CCOC(=O)c1c(S(=O)(=O)N2CCC[C@@H](C(=O)Nc3ccc(C)c(F)c3)C2)c(C)n(C)c1C. The molecule has 1 amide bonds. The molecule has 2 aromatic rings. The van der Waals surface area contributed by atoms with Gasteiger partial charge in [0, 0.05) is 37.2 Å². The summed E-state index contributed by atoms with van der Waals surface area (Å²) in [5.41, 5.74) is 1.74. The van der Waals surface area contributed by atoms with Gasteiger partial charge in [0.05, 0.1) is 12.5 Å². The molecule has 1 aliphatic rings. The summed E-state index contributed by atoms with van der Waals surface area (Å²) in [6.45, 7) is 6.93. The third kappa shape index (κ3) is 4.81. The maximum absolute atomic E-state index is 13.8. The fraction of sp³-hybridized carbons (Fsp3) is 0.478.